The van der Waals surface area contributed by atoms with Gasteiger partial charge in [0.15, 0.2) is 0 Å². The van der Waals surface area contributed by atoms with Crippen molar-refractivity contribution in [1.29, 1.82) is 0 Å². The Balaban J connectivity index is 2.02. The SMILES string of the molecule is CCCCCCCn1ccc2cc([N+](=O)[O-])ccc21. The van der Waals surface area contributed by atoms with Crippen LogP contribution in [0.3, 0.4) is 0 Å². The van der Waals surface area contributed by atoms with Crippen LogP contribution in [0, 0.1) is 10.1 Å². The first-order valence-electron chi connectivity index (χ1n) is 6.95. The van der Waals surface area contributed by atoms with Crippen LogP contribution in [0.25, 0.3) is 10.9 Å². The quantitative estimate of drug-likeness (QED) is 0.417. The molecule has 1 aromatic carbocycles. The van der Waals surface area contributed by atoms with Crippen molar-refractivity contribution >= 4 is 16.6 Å². The van der Waals surface area contributed by atoms with E-state index >= 15 is 0 Å². The van der Waals surface area contributed by atoms with Crippen LogP contribution in [0.15, 0.2) is 30.5 Å². The molecule has 2 aromatic rings. The molecule has 0 aliphatic heterocycles. The van der Waals surface area contributed by atoms with Gasteiger partial charge in [0.25, 0.3) is 5.69 Å². The maximum atomic E-state index is 10.7. The largest absolute Gasteiger partial charge is 0.347 e. The number of nitrogens with zero attached hydrogens (tertiary/aromatic N) is 2. The molecule has 0 fully saturated rings. The summed E-state index contributed by atoms with van der Waals surface area (Å²) in [6.07, 6.45) is 8.30. The van der Waals surface area contributed by atoms with E-state index in [-0.39, 0.29) is 10.6 Å². The van der Waals surface area contributed by atoms with Gasteiger partial charge >= 0.3 is 0 Å². The van der Waals surface area contributed by atoms with Crippen molar-refractivity contribution in [3.8, 4) is 0 Å². The third-order valence-electron chi connectivity index (χ3n) is 3.47. The van der Waals surface area contributed by atoms with E-state index in [0.717, 1.165) is 17.4 Å². The van der Waals surface area contributed by atoms with Gasteiger partial charge in [-0.25, -0.2) is 0 Å². The highest BCUT2D eigenvalue weighted by molar-refractivity contribution is 5.82. The second-order valence-electron chi connectivity index (χ2n) is 4.92. The second-order valence-corrected chi connectivity index (χ2v) is 4.92. The fraction of sp³-hybridized carbons (Fsp3) is 0.467. The zero-order chi connectivity index (χ0) is 13.7. The van der Waals surface area contributed by atoms with Crippen molar-refractivity contribution in [2.45, 2.75) is 45.6 Å². The van der Waals surface area contributed by atoms with Gasteiger partial charge in [-0.1, -0.05) is 32.6 Å². The Kier molecular flexibility index (Phi) is 4.55. The molecule has 0 spiro atoms. The van der Waals surface area contributed by atoms with Crippen molar-refractivity contribution in [3.05, 3.63) is 40.6 Å². The van der Waals surface area contributed by atoms with E-state index in [9.17, 15) is 10.1 Å². The minimum atomic E-state index is -0.346. The fourth-order valence-corrected chi connectivity index (χ4v) is 2.38. The summed E-state index contributed by atoms with van der Waals surface area (Å²) in [5, 5.41) is 11.7. The summed E-state index contributed by atoms with van der Waals surface area (Å²) in [5.74, 6) is 0. The summed E-state index contributed by atoms with van der Waals surface area (Å²) >= 11 is 0. The molecular formula is C15H20N2O2. The van der Waals surface area contributed by atoms with Crippen LogP contribution >= 0.6 is 0 Å². The van der Waals surface area contributed by atoms with E-state index in [1.165, 1.54) is 32.1 Å². The van der Waals surface area contributed by atoms with Gasteiger partial charge in [-0.15, -0.1) is 0 Å². The molecule has 0 atom stereocenters. The number of aromatic nitrogens is 1. The summed E-state index contributed by atoms with van der Waals surface area (Å²) in [5.41, 5.74) is 1.24. The normalized spacial score (nSPS) is 11.0. The monoisotopic (exact) mass is 260 g/mol. The van der Waals surface area contributed by atoms with Crippen LogP contribution in [0.2, 0.25) is 0 Å². The molecule has 0 unspecified atom stereocenters. The third-order valence-corrected chi connectivity index (χ3v) is 3.47. The summed E-state index contributed by atoms with van der Waals surface area (Å²) in [7, 11) is 0. The Morgan fingerprint density at radius 1 is 1.16 bits per heavy atom. The van der Waals surface area contributed by atoms with E-state index in [1.807, 2.05) is 18.3 Å². The number of hydrogen-bond donors (Lipinski definition) is 0. The Morgan fingerprint density at radius 3 is 2.68 bits per heavy atom. The van der Waals surface area contributed by atoms with Crippen LogP contribution in [0.1, 0.15) is 39.0 Å². The first kappa shape index (κ1) is 13.6. The van der Waals surface area contributed by atoms with Crippen LogP contribution in [0.5, 0.6) is 0 Å². The lowest BCUT2D eigenvalue weighted by Crippen LogP contribution is -1.96. The van der Waals surface area contributed by atoms with E-state index in [1.54, 1.807) is 12.1 Å². The number of non-ortho nitro benzene ring substituents is 1. The van der Waals surface area contributed by atoms with Gasteiger partial charge in [0.1, 0.15) is 0 Å². The fourth-order valence-electron chi connectivity index (χ4n) is 2.38. The van der Waals surface area contributed by atoms with Gasteiger partial charge in [-0.3, -0.25) is 10.1 Å². The summed E-state index contributed by atoms with van der Waals surface area (Å²) < 4.78 is 2.19. The Morgan fingerprint density at radius 2 is 1.95 bits per heavy atom. The molecule has 0 saturated heterocycles. The van der Waals surface area contributed by atoms with E-state index < -0.39 is 0 Å². The molecule has 0 aliphatic rings. The molecule has 1 aromatic heterocycles. The molecular weight excluding hydrogens is 240 g/mol. The highest BCUT2D eigenvalue weighted by Gasteiger charge is 2.08. The highest BCUT2D eigenvalue weighted by Crippen LogP contribution is 2.22. The van der Waals surface area contributed by atoms with Gasteiger partial charge < -0.3 is 4.57 Å². The minimum absolute atomic E-state index is 0.160. The number of benzene rings is 1. The highest BCUT2D eigenvalue weighted by atomic mass is 16.6. The summed E-state index contributed by atoms with van der Waals surface area (Å²) in [6.45, 7) is 3.21. The Hall–Kier alpha value is -1.84. The lowest BCUT2D eigenvalue weighted by Gasteiger charge is -2.05. The molecule has 0 aliphatic carbocycles. The molecule has 4 heteroatoms. The molecule has 0 radical (unpaired) electrons. The Labute approximate surface area is 113 Å². The molecule has 0 bridgehead atoms. The number of hydrogen-bond acceptors (Lipinski definition) is 2. The number of unbranched alkanes of at least 4 members (excludes halogenated alkanes) is 4. The van der Waals surface area contributed by atoms with E-state index in [0.29, 0.717) is 0 Å². The maximum absolute atomic E-state index is 10.7. The Bertz CT molecular complexity index is 560. The van der Waals surface area contributed by atoms with Crippen molar-refractivity contribution in [2.75, 3.05) is 0 Å². The smallest absolute Gasteiger partial charge is 0.270 e. The molecule has 0 amide bonds. The predicted octanol–water partition coefficient (Wildman–Crippen LogP) is 4.52. The standard InChI is InChI=1S/C15H20N2O2/c1-2-3-4-5-6-10-16-11-9-13-12-14(17(18)19)7-8-15(13)16/h7-9,11-12H,2-6,10H2,1H3. The van der Waals surface area contributed by atoms with Gasteiger partial charge in [0.2, 0.25) is 0 Å². The number of nitro groups is 1. The van der Waals surface area contributed by atoms with Crippen LogP contribution < -0.4 is 0 Å². The molecule has 102 valence electrons. The maximum Gasteiger partial charge on any atom is 0.270 e. The predicted molar refractivity (Wildman–Crippen MR) is 77.4 cm³/mol. The van der Waals surface area contributed by atoms with Crippen molar-refractivity contribution < 1.29 is 4.92 Å². The van der Waals surface area contributed by atoms with Gasteiger partial charge in [-0.05, 0) is 18.6 Å². The second kappa shape index (κ2) is 6.36. The van der Waals surface area contributed by atoms with Crippen LogP contribution in [-0.2, 0) is 6.54 Å². The molecule has 19 heavy (non-hydrogen) atoms. The van der Waals surface area contributed by atoms with Crippen molar-refractivity contribution in [3.63, 3.8) is 0 Å². The minimum Gasteiger partial charge on any atom is -0.347 e. The molecule has 4 nitrogen and oxygen atoms in total. The third kappa shape index (κ3) is 3.34. The molecule has 2 rings (SSSR count). The number of rotatable bonds is 7. The van der Waals surface area contributed by atoms with Crippen LogP contribution in [-0.4, -0.2) is 9.49 Å². The van der Waals surface area contributed by atoms with E-state index in [4.69, 9.17) is 0 Å². The first-order chi connectivity index (χ1) is 9.22. The molecule has 0 N–H and O–H groups in total. The topological polar surface area (TPSA) is 48.1 Å². The summed E-state index contributed by atoms with van der Waals surface area (Å²) in [4.78, 5) is 10.4. The zero-order valence-electron chi connectivity index (χ0n) is 11.3. The van der Waals surface area contributed by atoms with Gasteiger partial charge in [-0.2, -0.15) is 0 Å². The van der Waals surface area contributed by atoms with Crippen molar-refractivity contribution in [1.82, 2.24) is 4.57 Å². The average Bonchev–Trinajstić information content (AvgIpc) is 2.81. The number of aryl methyl sites for hydroxylation is 1. The van der Waals surface area contributed by atoms with Crippen LogP contribution in [0.4, 0.5) is 5.69 Å². The van der Waals surface area contributed by atoms with Crippen molar-refractivity contribution in [2.24, 2.45) is 0 Å². The van der Waals surface area contributed by atoms with E-state index in [2.05, 4.69) is 11.5 Å². The summed E-state index contributed by atoms with van der Waals surface area (Å²) in [6, 6.07) is 7.02. The first-order valence-corrected chi connectivity index (χ1v) is 6.95. The molecule has 0 saturated carbocycles. The number of nitro benzene ring substituents is 1. The molecule has 1 heterocycles. The lowest BCUT2D eigenvalue weighted by atomic mass is 10.1. The van der Waals surface area contributed by atoms with Gasteiger partial charge in [0.05, 0.1) is 4.92 Å². The van der Waals surface area contributed by atoms with Gasteiger partial charge in [0, 0.05) is 35.8 Å². The zero-order valence-corrected chi connectivity index (χ0v) is 11.3. The average molecular weight is 260 g/mol. The lowest BCUT2D eigenvalue weighted by molar-refractivity contribution is -0.384. The number of fused-ring (bicyclic) bond motifs is 1.